The fraction of sp³-hybridized carbons (Fsp3) is 0.455. The number of aliphatic carboxylic acids is 1. The first-order valence-electron chi connectivity index (χ1n) is 5.69. The monoisotopic (exact) mass is 320 g/mol. The van der Waals surface area contributed by atoms with Gasteiger partial charge in [-0.1, -0.05) is 6.92 Å². The molecule has 1 atom stereocenters. The molecule has 0 fully saturated rings. The van der Waals surface area contributed by atoms with Crippen LogP contribution in [0.4, 0.5) is 0 Å². The topological polar surface area (TPSA) is 104 Å². The number of hydrogen-bond donors (Lipinski definition) is 2. The number of carbonyl (C=O) groups is 2. The molecule has 1 rings (SSSR count). The van der Waals surface area contributed by atoms with Gasteiger partial charge in [0, 0.05) is 20.6 Å². The zero-order chi connectivity index (χ0) is 15.5. The Labute approximate surface area is 121 Å². The van der Waals surface area contributed by atoms with Gasteiger partial charge in [-0.25, -0.2) is 12.7 Å². The molecule has 0 radical (unpaired) electrons. The summed E-state index contributed by atoms with van der Waals surface area (Å²) < 4.78 is 25.1. The van der Waals surface area contributed by atoms with Gasteiger partial charge in [0.1, 0.15) is 9.77 Å². The Morgan fingerprint density at radius 1 is 1.45 bits per heavy atom. The number of carboxylic acid groups (broad SMARTS) is 1. The van der Waals surface area contributed by atoms with Crippen molar-refractivity contribution >= 4 is 33.2 Å². The molecular formula is C11H16N2O5S2. The van der Waals surface area contributed by atoms with Crippen LogP contribution in [0.5, 0.6) is 0 Å². The van der Waals surface area contributed by atoms with Gasteiger partial charge >= 0.3 is 5.97 Å². The molecule has 1 aromatic heterocycles. The maximum Gasteiger partial charge on any atom is 0.308 e. The highest BCUT2D eigenvalue weighted by Crippen LogP contribution is 2.23. The Bertz CT molecular complexity index is 606. The van der Waals surface area contributed by atoms with Crippen molar-refractivity contribution in [2.24, 2.45) is 5.92 Å². The zero-order valence-electron chi connectivity index (χ0n) is 11.3. The van der Waals surface area contributed by atoms with Gasteiger partial charge < -0.3 is 10.4 Å². The molecule has 112 valence electrons. The van der Waals surface area contributed by atoms with Crippen LogP contribution >= 0.6 is 11.3 Å². The standard InChI is InChI=1S/C11H16N2O5S2/c1-7(11(15)16)6-12-10(14)9-8(4-5-19-9)20(17,18)13(2)3/h4-5,7H,6H2,1-3H3,(H,12,14)(H,15,16). The average molecular weight is 320 g/mol. The number of amides is 1. The smallest absolute Gasteiger partial charge is 0.308 e. The van der Waals surface area contributed by atoms with Crippen molar-refractivity contribution in [2.75, 3.05) is 20.6 Å². The second-order valence-corrected chi connectivity index (χ2v) is 7.39. The predicted octanol–water partition coefficient (Wildman–Crippen LogP) is 0.449. The summed E-state index contributed by atoms with van der Waals surface area (Å²) in [6.45, 7) is 1.39. The van der Waals surface area contributed by atoms with E-state index < -0.39 is 27.8 Å². The third kappa shape index (κ3) is 3.56. The minimum atomic E-state index is -3.70. The van der Waals surface area contributed by atoms with Crippen molar-refractivity contribution in [1.29, 1.82) is 0 Å². The Kier molecular flexibility index (Phi) is 5.26. The van der Waals surface area contributed by atoms with Crippen molar-refractivity contribution in [1.82, 2.24) is 9.62 Å². The highest BCUT2D eigenvalue weighted by Gasteiger charge is 2.26. The van der Waals surface area contributed by atoms with E-state index in [-0.39, 0.29) is 16.3 Å². The first-order valence-corrected chi connectivity index (χ1v) is 8.01. The third-order valence-electron chi connectivity index (χ3n) is 2.58. The van der Waals surface area contributed by atoms with Gasteiger partial charge in [0.15, 0.2) is 0 Å². The number of nitrogens with zero attached hydrogens (tertiary/aromatic N) is 1. The summed E-state index contributed by atoms with van der Waals surface area (Å²) in [5.74, 6) is -2.36. The van der Waals surface area contributed by atoms with E-state index in [0.29, 0.717) is 0 Å². The molecule has 9 heteroatoms. The lowest BCUT2D eigenvalue weighted by Crippen LogP contribution is -2.32. The number of carboxylic acids is 1. The molecule has 0 aromatic carbocycles. The van der Waals surface area contributed by atoms with Crippen molar-refractivity contribution < 1.29 is 23.1 Å². The minimum absolute atomic E-state index is 0.0521. The molecule has 7 nitrogen and oxygen atoms in total. The highest BCUT2D eigenvalue weighted by molar-refractivity contribution is 7.89. The fourth-order valence-electron chi connectivity index (χ4n) is 1.28. The van der Waals surface area contributed by atoms with Gasteiger partial charge in [-0.05, 0) is 11.4 Å². The number of rotatable bonds is 6. The van der Waals surface area contributed by atoms with Crippen LogP contribution < -0.4 is 5.32 Å². The van der Waals surface area contributed by atoms with Crippen LogP contribution in [-0.4, -0.2) is 50.3 Å². The average Bonchev–Trinajstić information content (AvgIpc) is 2.84. The number of nitrogens with one attached hydrogen (secondary N) is 1. The van der Waals surface area contributed by atoms with Crippen molar-refractivity contribution in [3.63, 3.8) is 0 Å². The summed E-state index contributed by atoms with van der Waals surface area (Å²) >= 11 is 0.997. The summed E-state index contributed by atoms with van der Waals surface area (Å²) in [6.07, 6.45) is 0. The molecule has 1 amide bonds. The Hall–Kier alpha value is -1.45. The van der Waals surface area contributed by atoms with E-state index >= 15 is 0 Å². The molecule has 0 aliphatic heterocycles. The van der Waals surface area contributed by atoms with E-state index in [1.54, 1.807) is 0 Å². The lowest BCUT2D eigenvalue weighted by atomic mass is 10.2. The molecule has 1 heterocycles. The Morgan fingerprint density at radius 3 is 2.55 bits per heavy atom. The molecule has 0 aliphatic rings. The van der Waals surface area contributed by atoms with Crippen LogP contribution in [0.1, 0.15) is 16.6 Å². The molecular weight excluding hydrogens is 304 g/mol. The van der Waals surface area contributed by atoms with E-state index in [4.69, 9.17) is 5.11 Å². The van der Waals surface area contributed by atoms with E-state index in [0.717, 1.165) is 15.6 Å². The second-order valence-electron chi connectivity index (χ2n) is 4.35. The van der Waals surface area contributed by atoms with Crippen molar-refractivity contribution in [2.45, 2.75) is 11.8 Å². The van der Waals surface area contributed by atoms with Gasteiger partial charge in [0.2, 0.25) is 10.0 Å². The quantitative estimate of drug-likeness (QED) is 0.792. The second kappa shape index (κ2) is 6.33. The molecule has 0 spiro atoms. The normalized spacial score (nSPS) is 13.2. The lowest BCUT2D eigenvalue weighted by molar-refractivity contribution is -0.140. The summed E-state index contributed by atoms with van der Waals surface area (Å²) in [5.41, 5.74) is 0. The predicted molar refractivity (Wildman–Crippen MR) is 74.3 cm³/mol. The molecule has 0 aliphatic carbocycles. The molecule has 0 saturated carbocycles. The summed E-state index contributed by atoms with van der Waals surface area (Å²) in [4.78, 5) is 22.6. The SMILES string of the molecule is CC(CNC(=O)c1sccc1S(=O)(=O)N(C)C)C(=O)O. The minimum Gasteiger partial charge on any atom is -0.481 e. The van der Waals surface area contributed by atoms with Crippen LogP contribution in [-0.2, 0) is 14.8 Å². The van der Waals surface area contributed by atoms with E-state index in [9.17, 15) is 18.0 Å². The third-order valence-corrected chi connectivity index (χ3v) is 5.48. The summed E-state index contributed by atoms with van der Waals surface area (Å²) in [5, 5.41) is 12.7. The Morgan fingerprint density at radius 2 is 2.05 bits per heavy atom. The summed E-state index contributed by atoms with van der Waals surface area (Å²) in [7, 11) is -0.945. The van der Waals surface area contributed by atoms with E-state index in [2.05, 4.69) is 5.32 Å². The molecule has 1 aromatic rings. The van der Waals surface area contributed by atoms with Crippen LogP contribution in [0, 0.1) is 5.92 Å². The van der Waals surface area contributed by atoms with Crippen LogP contribution in [0.3, 0.4) is 0 Å². The van der Waals surface area contributed by atoms with Crippen molar-refractivity contribution in [3.05, 3.63) is 16.3 Å². The van der Waals surface area contributed by atoms with Gasteiger partial charge in [0.25, 0.3) is 5.91 Å². The van der Waals surface area contributed by atoms with Gasteiger partial charge in [-0.3, -0.25) is 9.59 Å². The van der Waals surface area contributed by atoms with E-state index in [1.165, 1.54) is 32.5 Å². The molecule has 1 unspecified atom stereocenters. The first kappa shape index (κ1) is 16.6. The van der Waals surface area contributed by atoms with Gasteiger partial charge in [-0.15, -0.1) is 11.3 Å². The van der Waals surface area contributed by atoms with Gasteiger partial charge in [0.05, 0.1) is 5.92 Å². The Balaban J connectivity index is 2.92. The zero-order valence-corrected chi connectivity index (χ0v) is 12.9. The van der Waals surface area contributed by atoms with Crippen LogP contribution in [0.25, 0.3) is 0 Å². The largest absolute Gasteiger partial charge is 0.481 e. The number of hydrogen-bond acceptors (Lipinski definition) is 5. The van der Waals surface area contributed by atoms with E-state index in [1.807, 2.05) is 0 Å². The first-order chi connectivity index (χ1) is 9.17. The number of thiophene rings is 1. The molecule has 0 bridgehead atoms. The molecule has 2 N–H and O–H groups in total. The fourth-order valence-corrected chi connectivity index (χ4v) is 3.49. The van der Waals surface area contributed by atoms with Crippen LogP contribution in [0.2, 0.25) is 0 Å². The lowest BCUT2D eigenvalue weighted by Gasteiger charge is -2.12. The van der Waals surface area contributed by atoms with Gasteiger partial charge in [-0.2, -0.15) is 0 Å². The van der Waals surface area contributed by atoms with Crippen molar-refractivity contribution in [3.8, 4) is 0 Å². The van der Waals surface area contributed by atoms with Crippen LogP contribution in [0.15, 0.2) is 16.3 Å². The number of carbonyl (C=O) groups excluding carboxylic acids is 1. The highest BCUT2D eigenvalue weighted by atomic mass is 32.2. The molecule has 20 heavy (non-hydrogen) atoms. The maximum absolute atomic E-state index is 12.0. The summed E-state index contributed by atoms with van der Waals surface area (Å²) in [6, 6.07) is 1.36. The number of sulfonamides is 1. The maximum atomic E-state index is 12.0. The molecule has 0 saturated heterocycles.